The van der Waals surface area contributed by atoms with Crippen molar-refractivity contribution in [1.82, 2.24) is 4.98 Å². The van der Waals surface area contributed by atoms with Gasteiger partial charge in [0.1, 0.15) is 0 Å². The number of nitro benzene ring substituents is 1. The number of rotatable bonds is 4. The number of aromatic carboxylic acids is 1. The summed E-state index contributed by atoms with van der Waals surface area (Å²) in [6.45, 7) is 0. The molecule has 0 aliphatic carbocycles. The molecular weight excluding hydrogens is 271 g/mol. The molecule has 20 heavy (non-hydrogen) atoms. The molecule has 0 aliphatic rings. The normalized spacial score (nSPS) is 10.1. The zero-order valence-corrected chi connectivity index (χ0v) is 9.82. The third-order valence-corrected chi connectivity index (χ3v) is 2.35. The number of ether oxygens (including phenoxy) is 1. The molecule has 0 radical (unpaired) electrons. The molecule has 0 aliphatic heterocycles. The molecule has 7 nitrogen and oxygen atoms in total. The zero-order chi connectivity index (χ0) is 14.7. The molecule has 0 atom stereocenters. The quantitative estimate of drug-likeness (QED) is 0.681. The summed E-state index contributed by atoms with van der Waals surface area (Å²) in [4.78, 5) is 24.7. The molecular formula is C12H7FN2O5. The largest absolute Gasteiger partial charge is 0.477 e. The summed E-state index contributed by atoms with van der Waals surface area (Å²) in [6, 6.07) is 5.84. The maximum Gasteiger partial charge on any atom is 0.346 e. The molecule has 0 spiro atoms. The average molecular weight is 278 g/mol. The fourth-order valence-electron chi connectivity index (χ4n) is 1.52. The molecule has 0 saturated carbocycles. The molecule has 0 saturated heterocycles. The highest BCUT2D eigenvalue weighted by molar-refractivity contribution is 5.95. The first-order valence-electron chi connectivity index (χ1n) is 5.29. The Morgan fingerprint density at radius 2 is 2.10 bits per heavy atom. The first-order valence-corrected chi connectivity index (χ1v) is 5.29. The lowest BCUT2D eigenvalue weighted by Gasteiger charge is -2.08. The van der Waals surface area contributed by atoms with Crippen LogP contribution in [-0.4, -0.2) is 21.0 Å². The minimum Gasteiger partial charge on any atom is -0.477 e. The third-order valence-electron chi connectivity index (χ3n) is 2.35. The minimum atomic E-state index is -1.55. The van der Waals surface area contributed by atoms with Crippen molar-refractivity contribution in [3.05, 3.63) is 58.0 Å². The van der Waals surface area contributed by atoms with Gasteiger partial charge in [-0.15, -0.1) is 0 Å². The van der Waals surface area contributed by atoms with Crippen molar-refractivity contribution in [3.63, 3.8) is 0 Å². The molecule has 102 valence electrons. The summed E-state index contributed by atoms with van der Waals surface area (Å²) in [5, 5.41) is 19.8. The highest BCUT2D eigenvalue weighted by Gasteiger charge is 2.25. The highest BCUT2D eigenvalue weighted by atomic mass is 19.1. The molecule has 8 heteroatoms. The summed E-state index contributed by atoms with van der Waals surface area (Å²) in [7, 11) is 0. The second-order valence-corrected chi connectivity index (χ2v) is 3.60. The van der Waals surface area contributed by atoms with Crippen molar-refractivity contribution in [1.29, 1.82) is 0 Å². The van der Waals surface area contributed by atoms with E-state index in [9.17, 15) is 19.3 Å². The predicted octanol–water partition coefficient (Wildman–Crippen LogP) is 2.62. The van der Waals surface area contributed by atoms with E-state index in [0.717, 1.165) is 12.1 Å². The van der Waals surface area contributed by atoms with Crippen LogP contribution in [0, 0.1) is 15.9 Å². The highest BCUT2D eigenvalue weighted by Crippen LogP contribution is 2.31. The lowest BCUT2D eigenvalue weighted by atomic mass is 10.1. The number of pyridine rings is 1. The Hall–Kier alpha value is -3.03. The molecule has 1 heterocycles. The molecule has 1 aromatic carbocycles. The van der Waals surface area contributed by atoms with E-state index in [2.05, 4.69) is 4.98 Å². The number of carboxylic acids is 1. The van der Waals surface area contributed by atoms with Gasteiger partial charge in [0.2, 0.25) is 0 Å². The molecule has 0 bridgehead atoms. The predicted molar refractivity (Wildman–Crippen MR) is 64.3 cm³/mol. The molecule has 2 aromatic rings. The van der Waals surface area contributed by atoms with Gasteiger partial charge in [-0.05, 0) is 18.2 Å². The second kappa shape index (κ2) is 5.31. The van der Waals surface area contributed by atoms with Crippen molar-refractivity contribution >= 4 is 11.7 Å². The number of hydrogen-bond donors (Lipinski definition) is 1. The minimum absolute atomic E-state index is 0.357. The molecule has 2 rings (SSSR count). The Kier molecular flexibility index (Phi) is 3.56. The van der Waals surface area contributed by atoms with Gasteiger partial charge in [0.05, 0.1) is 4.92 Å². The van der Waals surface area contributed by atoms with Gasteiger partial charge in [0, 0.05) is 12.3 Å². The fourth-order valence-corrected chi connectivity index (χ4v) is 1.52. The van der Waals surface area contributed by atoms with Crippen molar-refractivity contribution < 1.29 is 24.0 Å². The van der Waals surface area contributed by atoms with Gasteiger partial charge in [-0.1, -0.05) is 6.07 Å². The van der Waals surface area contributed by atoms with E-state index in [4.69, 9.17) is 9.84 Å². The first kappa shape index (κ1) is 13.4. The van der Waals surface area contributed by atoms with Crippen LogP contribution in [0.2, 0.25) is 0 Å². The van der Waals surface area contributed by atoms with Crippen LogP contribution in [0.5, 0.6) is 11.6 Å². The van der Waals surface area contributed by atoms with Gasteiger partial charge < -0.3 is 9.84 Å². The van der Waals surface area contributed by atoms with E-state index < -0.39 is 33.8 Å². The van der Waals surface area contributed by atoms with Crippen LogP contribution in [0.25, 0.3) is 0 Å². The summed E-state index contributed by atoms with van der Waals surface area (Å²) in [6.07, 6.45) is 1.25. The van der Waals surface area contributed by atoms with Crippen LogP contribution in [0.15, 0.2) is 36.5 Å². The number of benzene rings is 1. The van der Waals surface area contributed by atoms with E-state index in [1.165, 1.54) is 24.4 Å². The molecule has 0 unspecified atom stereocenters. The van der Waals surface area contributed by atoms with E-state index in [-0.39, 0.29) is 5.75 Å². The van der Waals surface area contributed by atoms with E-state index in [0.29, 0.717) is 0 Å². The van der Waals surface area contributed by atoms with Crippen LogP contribution < -0.4 is 4.74 Å². The molecule has 1 aromatic heterocycles. The van der Waals surface area contributed by atoms with Crippen LogP contribution in [0.3, 0.4) is 0 Å². The molecule has 0 fully saturated rings. The lowest BCUT2D eigenvalue weighted by Crippen LogP contribution is -2.05. The third kappa shape index (κ3) is 2.53. The van der Waals surface area contributed by atoms with Gasteiger partial charge in [-0.2, -0.15) is 0 Å². The van der Waals surface area contributed by atoms with Gasteiger partial charge in [0.25, 0.3) is 11.6 Å². The summed E-state index contributed by atoms with van der Waals surface area (Å²) in [5.74, 6) is -3.18. The number of hydrogen-bond acceptors (Lipinski definition) is 5. The summed E-state index contributed by atoms with van der Waals surface area (Å²) >= 11 is 0. The number of halogens is 1. The Morgan fingerprint density at radius 1 is 1.35 bits per heavy atom. The van der Waals surface area contributed by atoms with Crippen molar-refractivity contribution in [2.75, 3.05) is 0 Å². The Balaban J connectivity index is 2.52. The fraction of sp³-hybridized carbons (Fsp3) is 0. The van der Waals surface area contributed by atoms with E-state index in [1.807, 2.05) is 0 Å². The second-order valence-electron chi connectivity index (χ2n) is 3.60. The van der Waals surface area contributed by atoms with Crippen LogP contribution in [0.1, 0.15) is 10.4 Å². The number of carbonyl (C=O) groups is 1. The number of carboxylic acid groups (broad SMARTS) is 1. The van der Waals surface area contributed by atoms with Gasteiger partial charge in [-0.3, -0.25) is 10.1 Å². The van der Waals surface area contributed by atoms with Crippen molar-refractivity contribution in [2.24, 2.45) is 0 Å². The maximum atomic E-state index is 13.4. The topological polar surface area (TPSA) is 103 Å². The SMILES string of the molecule is O=C(O)c1c(Oc2ncccc2F)cccc1[N+](=O)[O-]. The van der Waals surface area contributed by atoms with E-state index in [1.54, 1.807) is 0 Å². The monoisotopic (exact) mass is 278 g/mol. The zero-order valence-electron chi connectivity index (χ0n) is 9.82. The van der Waals surface area contributed by atoms with Gasteiger partial charge in [-0.25, -0.2) is 14.2 Å². The summed E-state index contributed by atoms with van der Waals surface area (Å²) < 4.78 is 18.4. The number of nitro groups is 1. The van der Waals surface area contributed by atoms with Crippen LogP contribution in [0.4, 0.5) is 10.1 Å². The molecule has 0 amide bonds. The van der Waals surface area contributed by atoms with Crippen molar-refractivity contribution in [2.45, 2.75) is 0 Å². The average Bonchev–Trinajstić information content (AvgIpc) is 2.40. The Labute approximate surface area is 111 Å². The molecule has 1 N–H and O–H groups in total. The van der Waals surface area contributed by atoms with Gasteiger partial charge >= 0.3 is 5.97 Å². The standard InChI is InChI=1S/C12H7FN2O5/c13-7-3-2-6-14-11(7)20-9-5-1-4-8(15(18)19)10(9)12(16)17/h1-6H,(H,16,17). The van der Waals surface area contributed by atoms with Crippen LogP contribution >= 0.6 is 0 Å². The Bertz CT molecular complexity index is 689. The lowest BCUT2D eigenvalue weighted by molar-refractivity contribution is -0.385. The number of aromatic nitrogens is 1. The Morgan fingerprint density at radius 3 is 2.70 bits per heavy atom. The maximum absolute atomic E-state index is 13.4. The summed E-state index contributed by atoms with van der Waals surface area (Å²) in [5.41, 5.74) is -1.31. The van der Waals surface area contributed by atoms with Gasteiger partial charge in [0.15, 0.2) is 17.1 Å². The van der Waals surface area contributed by atoms with E-state index >= 15 is 0 Å². The first-order chi connectivity index (χ1) is 9.50. The smallest absolute Gasteiger partial charge is 0.346 e. The number of nitrogens with zero attached hydrogens (tertiary/aromatic N) is 2. The van der Waals surface area contributed by atoms with Crippen LogP contribution in [-0.2, 0) is 0 Å². The van der Waals surface area contributed by atoms with Crippen molar-refractivity contribution in [3.8, 4) is 11.6 Å².